The third-order valence-corrected chi connectivity index (χ3v) is 2.53. The summed E-state index contributed by atoms with van der Waals surface area (Å²) in [5.41, 5.74) is -0.608. The molecule has 0 aromatic carbocycles. The lowest BCUT2D eigenvalue weighted by molar-refractivity contribution is -0.0731. The van der Waals surface area contributed by atoms with Gasteiger partial charge in [-0.05, 0) is 26.2 Å². The highest BCUT2D eigenvalue weighted by Crippen LogP contribution is 2.15. The van der Waals surface area contributed by atoms with Crippen LogP contribution in [0.1, 0.15) is 47.0 Å². The van der Waals surface area contributed by atoms with Crippen LogP contribution in [0.2, 0.25) is 0 Å². The topological polar surface area (TPSA) is 29.5 Å². The van der Waals surface area contributed by atoms with Crippen LogP contribution in [-0.2, 0) is 4.74 Å². The van der Waals surface area contributed by atoms with Crippen LogP contribution in [0.15, 0.2) is 0 Å². The van der Waals surface area contributed by atoms with Crippen molar-refractivity contribution in [3.05, 3.63) is 0 Å². The fourth-order valence-electron chi connectivity index (χ4n) is 0.869. The van der Waals surface area contributed by atoms with Crippen LogP contribution in [0.5, 0.6) is 0 Å². The summed E-state index contributed by atoms with van der Waals surface area (Å²) in [6.45, 7) is 8.56. The normalized spacial score (nSPS) is 14.8. The largest absolute Gasteiger partial charge is 0.388 e. The molecule has 1 atom stereocenters. The SMILES string of the molecule is CCC(C)OCC(O)(CC)CC. The molecule has 0 spiro atoms. The molecule has 0 radical (unpaired) electrons. The predicted octanol–water partition coefficient (Wildman–Crippen LogP) is 2.35. The molecule has 0 rings (SSSR count). The average Bonchev–Trinajstić information content (AvgIpc) is 2.13. The monoisotopic (exact) mass is 174 g/mol. The molecule has 0 fully saturated rings. The quantitative estimate of drug-likeness (QED) is 0.669. The molecule has 0 aromatic rings. The average molecular weight is 174 g/mol. The fourth-order valence-corrected chi connectivity index (χ4v) is 0.869. The van der Waals surface area contributed by atoms with E-state index < -0.39 is 5.60 Å². The molecule has 0 saturated carbocycles. The van der Waals surface area contributed by atoms with Crippen LogP contribution in [0.25, 0.3) is 0 Å². The standard InChI is InChI=1S/C10H22O2/c1-5-9(4)12-8-10(11,6-2)7-3/h9,11H,5-8H2,1-4H3. The summed E-state index contributed by atoms with van der Waals surface area (Å²) in [7, 11) is 0. The third kappa shape index (κ3) is 4.07. The van der Waals surface area contributed by atoms with Gasteiger partial charge in [0.2, 0.25) is 0 Å². The van der Waals surface area contributed by atoms with Crippen molar-refractivity contribution in [2.75, 3.05) is 6.61 Å². The molecule has 0 saturated heterocycles. The van der Waals surface area contributed by atoms with Crippen molar-refractivity contribution in [1.29, 1.82) is 0 Å². The van der Waals surface area contributed by atoms with E-state index in [1.807, 2.05) is 20.8 Å². The van der Waals surface area contributed by atoms with Gasteiger partial charge in [-0.25, -0.2) is 0 Å². The zero-order chi connectivity index (χ0) is 9.61. The first-order valence-corrected chi connectivity index (χ1v) is 4.92. The van der Waals surface area contributed by atoms with Gasteiger partial charge in [-0.3, -0.25) is 0 Å². The van der Waals surface area contributed by atoms with E-state index in [9.17, 15) is 5.11 Å². The van der Waals surface area contributed by atoms with Crippen molar-refractivity contribution >= 4 is 0 Å². The van der Waals surface area contributed by atoms with E-state index in [4.69, 9.17) is 4.74 Å². The Morgan fingerprint density at radius 1 is 1.25 bits per heavy atom. The van der Waals surface area contributed by atoms with Crippen molar-refractivity contribution in [2.24, 2.45) is 0 Å². The van der Waals surface area contributed by atoms with Crippen LogP contribution in [0, 0.1) is 0 Å². The Balaban J connectivity index is 3.72. The van der Waals surface area contributed by atoms with Gasteiger partial charge in [0.15, 0.2) is 0 Å². The van der Waals surface area contributed by atoms with Gasteiger partial charge in [-0.1, -0.05) is 20.8 Å². The molecule has 0 amide bonds. The van der Waals surface area contributed by atoms with Crippen molar-refractivity contribution in [2.45, 2.75) is 58.7 Å². The number of ether oxygens (including phenoxy) is 1. The van der Waals surface area contributed by atoms with Gasteiger partial charge < -0.3 is 9.84 Å². The molecular formula is C10H22O2. The number of rotatable bonds is 6. The Morgan fingerprint density at radius 3 is 2.08 bits per heavy atom. The second-order valence-electron chi connectivity index (χ2n) is 3.46. The number of hydrogen-bond acceptors (Lipinski definition) is 2. The van der Waals surface area contributed by atoms with Gasteiger partial charge in [0.05, 0.1) is 18.3 Å². The first kappa shape index (κ1) is 11.9. The molecular weight excluding hydrogens is 152 g/mol. The molecule has 0 aliphatic rings. The molecule has 0 bridgehead atoms. The highest BCUT2D eigenvalue weighted by atomic mass is 16.5. The van der Waals surface area contributed by atoms with E-state index in [0.717, 1.165) is 19.3 Å². The maximum atomic E-state index is 9.85. The summed E-state index contributed by atoms with van der Waals surface area (Å²) >= 11 is 0. The minimum atomic E-state index is -0.608. The molecule has 1 N–H and O–H groups in total. The Kier molecular flexibility index (Phi) is 5.51. The summed E-state index contributed by atoms with van der Waals surface area (Å²) in [4.78, 5) is 0. The van der Waals surface area contributed by atoms with Gasteiger partial charge in [0.1, 0.15) is 0 Å². The fraction of sp³-hybridized carbons (Fsp3) is 1.00. The molecule has 0 aliphatic heterocycles. The van der Waals surface area contributed by atoms with Gasteiger partial charge in [0.25, 0.3) is 0 Å². The zero-order valence-electron chi connectivity index (χ0n) is 8.76. The molecule has 0 heterocycles. The second-order valence-corrected chi connectivity index (χ2v) is 3.46. The van der Waals surface area contributed by atoms with E-state index in [1.165, 1.54) is 0 Å². The summed E-state index contributed by atoms with van der Waals surface area (Å²) in [6.07, 6.45) is 2.79. The molecule has 12 heavy (non-hydrogen) atoms. The van der Waals surface area contributed by atoms with E-state index in [-0.39, 0.29) is 6.10 Å². The van der Waals surface area contributed by atoms with Gasteiger partial charge >= 0.3 is 0 Å². The van der Waals surface area contributed by atoms with E-state index >= 15 is 0 Å². The highest BCUT2D eigenvalue weighted by Gasteiger charge is 2.22. The van der Waals surface area contributed by atoms with Crippen molar-refractivity contribution in [3.63, 3.8) is 0 Å². The Labute approximate surface area is 75.9 Å². The van der Waals surface area contributed by atoms with Crippen molar-refractivity contribution in [3.8, 4) is 0 Å². The number of aliphatic hydroxyl groups is 1. The highest BCUT2D eigenvalue weighted by molar-refractivity contribution is 4.74. The maximum Gasteiger partial charge on any atom is 0.0875 e. The Morgan fingerprint density at radius 2 is 1.75 bits per heavy atom. The summed E-state index contributed by atoms with van der Waals surface area (Å²) < 4.78 is 5.49. The maximum absolute atomic E-state index is 9.85. The lowest BCUT2D eigenvalue weighted by Gasteiger charge is -2.26. The lowest BCUT2D eigenvalue weighted by atomic mass is 9.99. The smallest absolute Gasteiger partial charge is 0.0875 e. The predicted molar refractivity (Wildman–Crippen MR) is 51.2 cm³/mol. The van der Waals surface area contributed by atoms with Crippen LogP contribution in [0.4, 0.5) is 0 Å². The molecule has 1 unspecified atom stereocenters. The minimum absolute atomic E-state index is 0.259. The Bertz CT molecular complexity index is 108. The third-order valence-electron chi connectivity index (χ3n) is 2.53. The van der Waals surface area contributed by atoms with Crippen molar-refractivity contribution in [1.82, 2.24) is 0 Å². The Hall–Kier alpha value is -0.0800. The van der Waals surface area contributed by atoms with Crippen LogP contribution in [-0.4, -0.2) is 23.4 Å². The summed E-state index contributed by atoms with van der Waals surface area (Å²) in [5, 5.41) is 9.85. The first-order valence-electron chi connectivity index (χ1n) is 4.92. The molecule has 2 nitrogen and oxygen atoms in total. The minimum Gasteiger partial charge on any atom is -0.388 e. The zero-order valence-corrected chi connectivity index (χ0v) is 8.76. The second kappa shape index (κ2) is 5.55. The molecule has 2 heteroatoms. The van der Waals surface area contributed by atoms with E-state index in [2.05, 4.69) is 6.92 Å². The summed E-state index contributed by atoms with van der Waals surface area (Å²) in [5.74, 6) is 0. The molecule has 0 aliphatic carbocycles. The number of hydrogen-bond donors (Lipinski definition) is 1. The lowest BCUT2D eigenvalue weighted by Crippen LogP contribution is -2.34. The van der Waals surface area contributed by atoms with Gasteiger partial charge in [0, 0.05) is 0 Å². The van der Waals surface area contributed by atoms with Gasteiger partial charge in [-0.2, -0.15) is 0 Å². The first-order chi connectivity index (χ1) is 5.58. The van der Waals surface area contributed by atoms with Crippen LogP contribution >= 0.6 is 0 Å². The van der Waals surface area contributed by atoms with Crippen molar-refractivity contribution < 1.29 is 9.84 Å². The van der Waals surface area contributed by atoms with E-state index in [1.54, 1.807) is 0 Å². The van der Waals surface area contributed by atoms with Crippen LogP contribution in [0.3, 0.4) is 0 Å². The summed E-state index contributed by atoms with van der Waals surface area (Å²) in [6, 6.07) is 0. The van der Waals surface area contributed by atoms with Crippen LogP contribution < -0.4 is 0 Å². The van der Waals surface area contributed by atoms with Gasteiger partial charge in [-0.15, -0.1) is 0 Å². The van der Waals surface area contributed by atoms with E-state index in [0.29, 0.717) is 6.61 Å². The molecule has 74 valence electrons. The molecule has 0 aromatic heterocycles.